The van der Waals surface area contributed by atoms with Crippen LogP contribution in [0.5, 0.6) is 0 Å². The van der Waals surface area contributed by atoms with E-state index in [2.05, 4.69) is 22.4 Å². The summed E-state index contributed by atoms with van der Waals surface area (Å²) in [6, 6.07) is 1.50. The van der Waals surface area contributed by atoms with Crippen LogP contribution >= 0.6 is 0 Å². The second-order valence-electron chi connectivity index (χ2n) is 4.13. The van der Waals surface area contributed by atoms with Gasteiger partial charge in [-0.15, -0.1) is 0 Å². The fourth-order valence-corrected chi connectivity index (χ4v) is 1.76. The molecule has 1 aromatic rings. The summed E-state index contributed by atoms with van der Waals surface area (Å²) in [7, 11) is 2.07. The van der Waals surface area contributed by atoms with E-state index in [4.69, 9.17) is 5.11 Å². The van der Waals surface area contributed by atoms with Gasteiger partial charge in [-0.25, -0.2) is 9.80 Å². The summed E-state index contributed by atoms with van der Waals surface area (Å²) in [6.07, 6.45) is 3.03. The Balaban J connectivity index is 2.05. The Kier molecular flexibility index (Phi) is 3.55. The SMILES string of the molecule is CN1CCN(Nc2cnccc2C(=O)O)CC1. The van der Waals surface area contributed by atoms with Gasteiger partial charge in [0.2, 0.25) is 0 Å². The van der Waals surface area contributed by atoms with Crippen LogP contribution in [0.25, 0.3) is 0 Å². The zero-order chi connectivity index (χ0) is 12.3. The minimum Gasteiger partial charge on any atom is -0.478 e. The van der Waals surface area contributed by atoms with E-state index in [1.54, 1.807) is 6.20 Å². The van der Waals surface area contributed by atoms with Crippen molar-refractivity contribution in [2.24, 2.45) is 0 Å². The molecule has 17 heavy (non-hydrogen) atoms. The van der Waals surface area contributed by atoms with Crippen LogP contribution in [0.15, 0.2) is 18.5 Å². The van der Waals surface area contributed by atoms with Crippen molar-refractivity contribution in [1.29, 1.82) is 0 Å². The van der Waals surface area contributed by atoms with Gasteiger partial charge in [0.15, 0.2) is 0 Å². The molecular weight excluding hydrogens is 220 g/mol. The molecule has 1 saturated heterocycles. The van der Waals surface area contributed by atoms with Gasteiger partial charge >= 0.3 is 5.97 Å². The summed E-state index contributed by atoms with van der Waals surface area (Å²) in [6.45, 7) is 3.67. The molecule has 2 rings (SSSR count). The van der Waals surface area contributed by atoms with E-state index in [1.165, 1.54) is 12.3 Å². The van der Waals surface area contributed by atoms with Crippen LogP contribution in [-0.2, 0) is 0 Å². The first-order valence-corrected chi connectivity index (χ1v) is 5.54. The molecule has 2 N–H and O–H groups in total. The molecule has 1 aliphatic heterocycles. The number of pyridine rings is 1. The number of nitrogens with zero attached hydrogens (tertiary/aromatic N) is 3. The zero-order valence-corrected chi connectivity index (χ0v) is 9.76. The van der Waals surface area contributed by atoms with Crippen molar-refractivity contribution in [1.82, 2.24) is 14.9 Å². The lowest BCUT2D eigenvalue weighted by molar-refractivity contribution is 0.0697. The first kappa shape index (κ1) is 11.8. The number of hydrazine groups is 1. The number of carboxylic acids is 1. The van der Waals surface area contributed by atoms with E-state index < -0.39 is 5.97 Å². The van der Waals surface area contributed by atoms with Crippen LogP contribution < -0.4 is 5.43 Å². The predicted octanol–water partition coefficient (Wildman–Crippen LogP) is 0.354. The maximum Gasteiger partial charge on any atom is 0.337 e. The van der Waals surface area contributed by atoms with Crippen LogP contribution in [-0.4, -0.2) is 59.2 Å². The Morgan fingerprint density at radius 2 is 2.12 bits per heavy atom. The summed E-state index contributed by atoms with van der Waals surface area (Å²) in [4.78, 5) is 17.2. The highest BCUT2D eigenvalue weighted by Crippen LogP contribution is 2.14. The molecule has 6 heteroatoms. The van der Waals surface area contributed by atoms with Crippen LogP contribution in [0.1, 0.15) is 10.4 Å². The molecule has 0 aliphatic carbocycles. The van der Waals surface area contributed by atoms with Crippen molar-refractivity contribution < 1.29 is 9.90 Å². The third-order valence-electron chi connectivity index (χ3n) is 2.83. The highest BCUT2D eigenvalue weighted by molar-refractivity contribution is 5.93. The molecule has 0 saturated carbocycles. The van der Waals surface area contributed by atoms with Gasteiger partial charge in [-0.1, -0.05) is 0 Å². The maximum absolute atomic E-state index is 11.0. The lowest BCUT2D eigenvalue weighted by Gasteiger charge is -2.33. The van der Waals surface area contributed by atoms with E-state index in [-0.39, 0.29) is 5.56 Å². The second-order valence-corrected chi connectivity index (χ2v) is 4.13. The molecule has 1 fully saturated rings. The van der Waals surface area contributed by atoms with Gasteiger partial charge in [-0.2, -0.15) is 0 Å². The first-order valence-electron chi connectivity index (χ1n) is 5.54. The lowest BCUT2D eigenvalue weighted by Crippen LogP contribution is -2.47. The molecular formula is C11H16N4O2. The minimum atomic E-state index is -0.941. The number of aromatic carboxylic acids is 1. The summed E-state index contributed by atoms with van der Waals surface area (Å²) < 4.78 is 0. The van der Waals surface area contributed by atoms with Crippen molar-refractivity contribution in [3.63, 3.8) is 0 Å². The minimum absolute atomic E-state index is 0.249. The van der Waals surface area contributed by atoms with Gasteiger partial charge < -0.3 is 15.4 Å². The van der Waals surface area contributed by atoms with Crippen molar-refractivity contribution in [2.45, 2.75) is 0 Å². The first-order chi connectivity index (χ1) is 8.16. The summed E-state index contributed by atoms with van der Waals surface area (Å²) in [5.74, 6) is -0.941. The molecule has 2 heterocycles. The van der Waals surface area contributed by atoms with E-state index in [0.717, 1.165) is 26.2 Å². The molecule has 92 valence electrons. The highest BCUT2D eigenvalue weighted by atomic mass is 16.4. The van der Waals surface area contributed by atoms with Gasteiger partial charge in [0, 0.05) is 32.4 Å². The fraction of sp³-hybridized carbons (Fsp3) is 0.455. The van der Waals surface area contributed by atoms with E-state index in [9.17, 15) is 4.79 Å². The van der Waals surface area contributed by atoms with Gasteiger partial charge in [0.05, 0.1) is 17.4 Å². The number of hydrogen-bond acceptors (Lipinski definition) is 5. The molecule has 1 aliphatic rings. The molecule has 1 aromatic heterocycles. The highest BCUT2D eigenvalue weighted by Gasteiger charge is 2.16. The standard InChI is InChI=1S/C11H16N4O2/c1-14-4-6-15(7-5-14)13-10-8-12-3-2-9(10)11(16)17/h2-3,8,13H,4-7H2,1H3,(H,16,17). The maximum atomic E-state index is 11.0. The van der Waals surface area contributed by atoms with Crippen LogP contribution in [0.4, 0.5) is 5.69 Å². The number of hydrogen-bond donors (Lipinski definition) is 2. The van der Waals surface area contributed by atoms with E-state index in [0.29, 0.717) is 5.69 Å². The third kappa shape index (κ3) is 2.92. The summed E-state index contributed by atoms with van der Waals surface area (Å²) in [5, 5.41) is 11.1. The molecule has 0 atom stereocenters. The number of nitrogens with one attached hydrogen (secondary N) is 1. The van der Waals surface area contributed by atoms with Crippen molar-refractivity contribution in [3.8, 4) is 0 Å². The topological polar surface area (TPSA) is 68.7 Å². The van der Waals surface area contributed by atoms with E-state index >= 15 is 0 Å². The fourth-order valence-electron chi connectivity index (χ4n) is 1.76. The molecule has 0 spiro atoms. The van der Waals surface area contributed by atoms with Crippen molar-refractivity contribution >= 4 is 11.7 Å². The summed E-state index contributed by atoms with van der Waals surface area (Å²) >= 11 is 0. The van der Waals surface area contributed by atoms with Gasteiger partial charge in [-0.05, 0) is 13.1 Å². The Bertz CT molecular complexity index is 402. The molecule has 0 aromatic carbocycles. The van der Waals surface area contributed by atoms with Crippen LogP contribution in [0, 0.1) is 0 Å². The number of aromatic nitrogens is 1. The summed E-state index contributed by atoms with van der Waals surface area (Å²) in [5.41, 5.74) is 3.91. The lowest BCUT2D eigenvalue weighted by atomic mass is 10.2. The van der Waals surface area contributed by atoms with Crippen molar-refractivity contribution in [3.05, 3.63) is 24.0 Å². The number of carbonyl (C=O) groups is 1. The Morgan fingerprint density at radius 1 is 1.41 bits per heavy atom. The number of carboxylic acid groups (broad SMARTS) is 1. The monoisotopic (exact) mass is 236 g/mol. The molecule has 0 amide bonds. The second kappa shape index (κ2) is 5.11. The molecule has 0 radical (unpaired) electrons. The van der Waals surface area contributed by atoms with Crippen molar-refractivity contribution in [2.75, 3.05) is 38.7 Å². The quantitative estimate of drug-likeness (QED) is 0.789. The number of rotatable bonds is 3. The normalized spacial score (nSPS) is 17.9. The number of piperazine rings is 1. The number of likely N-dealkylation sites (N-methyl/N-ethyl adjacent to an activating group) is 1. The van der Waals surface area contributed by atoms with Gasteiger partial charge in [-0.3, -0.25) is 4.98 Å². The Morgan fingerprint density at radius 3 is 2.76 bits per heavy atom. The van der Waals surface area contributed by atoms with Crippen LogP contribution in [0.2, 0.25) is 0 Å². The predicted molar refractivity (Wildman–Crippen MR) is 63.9 cm³/mol. The van der Waals surface area contributed by atoms with Gasteiger partial charge in [0.1, 0.15) is 0 Å². The third-order valence-corrected chi connectivity index (χ3v) is 2.83. The van der Waals surface area contributed by atoms with E-state index in [1.807, 2.05) is 5.01 Å². The molecule has 0 bridgehead atoms. The number of anilines is 1. The smallest absolute Gasteiger partial charge is 0.337 e. The van der Waals surface area contributed by atoms with Crippen LogP contribution in [0.3, 0.4) is 0 Å². The average molecular weight is 236 g/mol. The Hall–Kier alpha value is -1.66. The van der Waals surface area contributed by atoms with Gasteiger partial charge in [0.25, 0.3) is 0 Å². The largest absolute Gasteiger partial charge is 0.478 e. The average Bonchev–Trinajstić information content (AvgIpc) is 2.32. The zero-order valence-electron chi connectivity index (χ0n) is 9.76. The Labute approximate surface area is 99.8 Å². The molecule has 6 nitrogen and oxygen atoms in total. The molecule has 0 unspecified atom stereocenters.